The lowest BCUT2D eigenvalue weighted by molar-refractivity contribution is -0.359. The highest BCUT2D eigenvalue weighted by Gasteiger charge is 2.46. The fourth-order valence-electron chi connectivity index (χ4n) is 2.99. The van der Waals surface area contributed by atoms with Crippen molar-refractivity contribution in [3.05, 3.63) is 30.7 Å². The Kier molecular flexibility index (Phi) is 6.53. The number of ether oxygens (including phenoxy) is 2. The Labute approximate surface area is 173 Å². The van der Waals surface area contributed by atoms with Crippen LogP contribution < -0.4 is 10.1 Å². The van der Waals surface area contributed by atoms with Crippen LogP contribution in [0.4, 0.5) is 27.8 Å². The number of amides is 1. The third kappa shape index (κ3) is 5.75. The van der Waals surface area contributed by atoms with Crippen LogP contribution >= 0.6 is 0 Å². The van der Waals surface area contributed by atoms with Gasteiger partial charge in [0.25, 0.3) is 0 Å². The summed E-state index contributed by atoms with van der Waals surface area (Å²) in [4.78, 5) is 25.9. The lowest BCUT2D eigenvalue weighted by Gasteiger charge is -2.46. The van der Waals surface area contributed by atoms with Crippen LogP contribution in [-0.4, -0.2) is 63.5 Å². The van der Waals surface area contributed by atoms with Crippen LogP contribution in [0.25, 0.3) is 11.4 Å². The number of rotatable bonds is 7. The highest BCUT2D eigenvalue weighted by molar-refractivity contribution is 5.85. The Morgan fingerprint density at radius 3 is 2.55 bits per heavy atom. The zero-order chi connectivity index (χ0) is 22.8. The summed E-state index contributed by atoms with van der Waals surface area (Å²) >= 11 is 0. The van der Waals surface area contributed by atoms with Crippen molar-refractivity contribution in [1.82, 2.24) is 19.9 Å². The summed E-state index contributed by atoms with van der Waals surface area (Å²) < 4.78 is 69.6. The van der Waals surface area contributed by atoms with E-state index in [0.29, 0.717) is 11.4 Å². The van der Waals surface area contributed by atoms with Gasteiger partial charge in [0.2, 0.25) is 5.91 Å². The van der Waals surface area contributed by atoms with Gasteiger partial charge in [-0.2, -0.15) is 8.78 Å². The number of likely N-dealkylation sites (tertiary alicyclic amines) is 1. The predicted molar refractivity (Wildman–Crippen MR) is 97.1 cm³/mol. The maximum Gasteiger partial charge on any atom is 0.522 e. The molecule has 3 rings (SSSR count). The van der Waals surface area contributed by atoms with Crippen molar-refractivity contribution < 1.29 is 36.2 Å². The fraction of sp³-hybridized carbons (Fsp3) is 0.444. The monoisotopic (exact) mass is 447 g/mol. The van der Waals surface area contributed by atoms with Crippen LogP contribution in [0, 0.1) is 0 Å². The molecule has 13 heteroatoms. The first kappa shape index (κ1) is 22.6. The molecule has 2 aromatic rings. The highest BCUT2D eigenvalue weighted by Crippen LogP contribution is 2.29. The average Bonchev–Trinajstić information content (AvgIpc) is 2.69. The van der Waals surface area contributed by atoms with Crippen molar-refractivity contribution in [2.24, 2.45) is 0 Å². The quantitative estimate of drug-likeness (QED) is 0.653. The largest absolute Gasteiger partial charge is 0.522 e. The van der Waals surface area contributed by atoms with Crippen LogP contribution in [0.3, 0.4) is 0 Å². The number of carbonyl (C=O) groups is 1. The summed E-state index contributed by atoms with van der Waals surface area (Å²) in [7, 11) is 0. The zero-order valence-corrected chi connectivity index (χ0v) is 16.3. The molecule has 1 fully saturated rings. The molecule has 1 saturated heterocycles. The number of hydrogen-bond acceptors (Lipinski definition) is 7. The molecule has 0 saturated carbocycles. The van der Waals surface area contributed by atoms with Crippen molar-refractivity contribution in [2.45, 2.75) is 45.0 Å². The minimum absolute atomic E-state index is 0.109. The van der Waals surface area contributed by atoms with Crippen molar-refractivity contribution in [1.29, 1.82) is 0 Å². The van der Waals surface area contributed by atoms with Gasteiger partial charge >= 0.3 is 13.0 Å². The molecular formula is C18H18F5N5O3. The van der Waals surface area contributed by atoms with Crippen LogP contribution in [0.15, 0.2) is 30.7 Å². The van der Waals surface area contributed by atoms with Crippen LogP contribution in [0.5, 0.6) is 5.75 Å². The van der Waals surface area contributed by atoms with E-state index in [2.05, 4.69) is 29.7 Å². The Morgan fingerprint density at radius 1 is 1.23 bits per heavy atom. The Bertz CT molecular complexity index is 912. The number of nitrogens with zero attached hydrogens (tertiary/aromatic N) is 4. The minimum Gasteiger partial charge on any atom is -0.433 e. The van der Waals surface area contributed by atoms with Gasteiger partial charge in [0.15, 0.2) is 0 Å². The van der Waals surface area contributed by atoms with E-state index in [4.69, 9.17) is 0 Å². The fourth-order valence-corrected chi connectivity index (χ4v) is 2.99. The molecule has 2 aromatic heterocycles. The van der Waals surface area contributed by atoms with Gasteiger partial charge < -0.3 is 15.0 Å². The lowest BCUT2D eigenvalue weighted by atomic mass is 10.00. The van der Waals surface area contributed by atoms with Gasteiger partial charge in [-0.25, -0.2) is 9.97 Å². The van der Waals surface area contributed by atoms with E-state index >= 15 is 0 Å². The molecule has 31 heavy (non-hydrogen) atoms. The summed E-state index contributed by atoms with van der Waals surface area (Å²) in [5.41, 5.74) is 0.714. The molecule has 0 aliphatic carbocycles. The molecular weight excluding hydrogens is 429 g/mol. The summed E-state index contributed by atoms with van der Waals surface area (Å²) in [5, 5.41) is 2.87. The van der Waals surface area contributed by atoms with Gasteiger partial charge in [-0.1, -0.05) is 0 Å². The number of nitrogens with one attached hydrogen (secondary N) is 1. The average molecular weight is 447 g/mol. The molecule has 0 spiro atoms. The minimum atomic E-state index is -4.76. The Morgan fingerprint density at radius 2 is 1.97 bits per heavy atom. The molecule has 1 aliphatic rings. The van der Waals surface area contributed by atoms with Crippen molar-refractivity contribution >= 4 is 11.7 Å². The number of aromatic nitrogens is 3. The Balaban J connectivity index is 1.61. The summed E-state index contributed by atoms with van der Waals surface area (Å²) in [6, 6.07) is 2.72. The van der Waals surface area contributed by atoms with Gasteiger partial charge in [-0.3, -0.25) is 14.5 Å². The van der Waals surface area contributed by atoms with E-state index in [1.165, 1.54) is 36.4 Å². The first-order valence-electron chi connectivity index (χ1n) is 9.08. The van der Waals surface area contributed by atoms with Crippen LogP contribution in [0.2, 0.25) is 0 Å². The van der Waals surface area contributed by atoms with E-state index in [0.717, 1.165) is 6.20 Å². The van der Waals surface area contributed by atoms with E-state index in [-0.39, 0.29) is 18.1 Å². The molecule has 3 heterocycles. The van der Waals surface area contributed by atoms with E-state index in [1.807, 2.05) is 0 Å². The highest BCUT2D eigenvalue weighted by atomic mass is 19.4. The maximum atomic E-state index is 12.5. The molecule has 1 N–H and O–H groups in total. The van der Waals surface area contributed by atoms with E-state index in [1.54, 1.807) is 6.92 Å². The van der Waals surface area contributed by atoms with E-state index < -0.39 is 37.1 Å². The zero-order valence-electron chi connectivity index (χ0n) is 16.3. The molecule has 8 nitrogen and oxygen atoms in total. The normalized spacial score (nSPS) is 19.7. The second kappa shape index (κ2) is 8.96. The van der Waals surface area contributed by atoms with Gasteiger partial charge in [0, 0.05) is 12.6 Å². The topological polar surface area (TPSA) is 89.5 Å². The summed E-state index contributed by atoms with van der Waals surface area (Å²) in [5.74, 6) is -0.250. The first-order valence-corrected chi connectivity index (χ1v) is 9.08. The van der Waals surface area contributed by atoms with Gasteiger partial charge in [-0.05, 0) is 26.0 Å². The van der Waals surface area contributed by atoms with Crippen LogP contribution in [-0.2, 0) is 9.53 Å². The predicted octanol–water partition coefficient (Wildman–Crippen LogP) is 3.08. The van der Waals surface area contributed by atoms with Gasteiger partial charge in [-0.15, -0.1) is 13.2 Å². The molecule has 1 aliphatic heterocycles. The molecule has 168 valence electrons. The summed E-state index contributed by atoms with van der Waals surface area (Å²) in [6.45, 7) is -0.118. The third-order valence-electron chi connectivity index (χ3n) is 4.60. The number of alkyl halides is 5. The Hall–Kier alpha value is -3.09. The second-order valence-corrected chi connectivity index (χ2v) is 6.75. The number of anilines is 1. The SMILES string of the molecule is C[C@@H](Nc1cc(-c2ccc(OC(F)F)cn2)ncn1)C(=O)N1C[C@H](OC(F)(F)F)[C@@H]1C. The van der Waals surface area contributed by atoms with Gasteiger partial charge in [0.1, 0.15) is 30.0 Å². The lowest BCUT2D eigenvalue weighted by Crippen LogP contribution is -2.64. The maximum absolute atomic E-state index is 12.5. The third-order valence-corrected chi connectivity index (χ3v) is 4.60. The first-order chi connectivity index (χ1) is 14.5. The number of carbonyl (C=O) groups excluding carboxylic acids is 1. The van der Waals surface area contributed by atoms with Crippen molar-refractivity contribution in [2.75, 3.05) is 11.9 Å². The van der Waals surface area contributed by atoms with Gasteiger partial charge in [0.05, 0.1) is 23.6 Å². The number of hydrogen-bond donors (Lipinski definition) is 1. The van der Waals surface area contributed by atoms with E-state index in [9.17, 15) is 26.7 Å². The molecule has 1 amide bonds. The standard InChI is InChI=1S/C18H18F5N5O3/c1-9(16(29)28-7-14(10(28)2)31-18(21,22)23)27-15-5-13(25-8-26-15)12-4-3-11(6-24-12)30-17(19)20/h3-6,8-10,14,17H,7H2,1-2H3,(H,25,26,27)/t9-,10+,14+/m1/s1. The molecule has 0 unspecified atom stereocenters. The summed E-state index contributed by atoms with van der Waals surface area (Å²) in [6.07, 6.45) is -3.52. The van der Waals surface area contributed by atoms with Crippen molar-refractivity contribution in [3.63, 3.8) is 0 Å². The van der Waals surface area contributed by atoms with Crippen LogP contribution in [0.1, 0.15) is 13.8 Å². The molecule has 0 bridgehead atoms. The second-order valence-electron chi connectivity index (χ2n) is 6.75. The molecule has 0 aromatic carbocycles. The van der Waals surface area contributed by atoms with Crippen molar-refractivity contribution in [3.8, 4) is 17.1 Å². The number of halogens is 5. The molecule has 3 atom stereocenters. The molecule has 0 radical (unpaired) electrons. The smallest absolute Gasteiger partial charge is 0.433 e. The number of pyridine rings is 1.